The van der Waals surface area contributed by atoms with Crippen LogP contribution in [0.4, 0.5) is 0 Å². The third kappa shape index (κ3) is 1.29. The lowest BCUT2D eigenvalue weighted by Gasteiger charge is -2.20. The average Bonchev–Trinajstić information content (AvgIpc) is 1.89. The minimum absolute atomic E-state index is 0.797. The Bertz CT molecular complexity index is 151. The highest BCUT2D eigenvalue weighted by Crippen LogP contribution is 1.98. The molecule has 0 N–H and O–H groups in total. The van der Waals surface area contributed by atoms with Crippen LogP contribution in [0.25, 0.3) is 0 Å². The highest BCUT2D eigenvalue weighted by atomic mass is 16.7. The second-order valence-electron chi connectivity index (χ2n) is 1.80. The molecule has 0 spiro atoms. The zero-order valence-electron chi connectivity index (χ0n) is 5.66. The molecule has 0 fully saturated rings. The van der Waals surface area contributed by atoms with E-state index in [9.17, 15) is 0 Å². The van der Waals surface area contributed by atoms with E-state index in [0.717, 1.165) is 12.4 Å². The second-order valence-corrected chi connectivity index (χ2v) is 1.80. The van der Waals surface area contributed by atoms with Crippen molar-refractivity contribution in [2.45, 2.75) is 6.92 Å². The Morgan fingerprint density at radius 3 is 3.00 bits per heavy atom. The van der Waals surface area contributed by atoms with Gasteiger partial charge in [0.15, 0.2) is 0 Å². The van der Waals surface area contributed by atoms with Crippen molar-refractivity contribution in [1.29, 1.82) is 0 Å². The summed E-state index contributed by atoms with van der Waals surface area (Å²) in [5.41, 5.74) is 0. The first-order valence-electron chi connectivity index (χ1n) is 2.85. The topological polar surface area (TPSA) is 24.8 Å². The maximum atomic E-state index is 4.95. The molecule has 1 aliphatic rings. The van der Waals surface area contributed by atoms with Gasteiger partial charge in [-0.1, -0.05) is 0 Å². The normalized spacial score (nSPS) is 18.0. The molecule has 0 atom stereocenters. The van der Waals surface area contributed by atoms with E-state index in [1.54, 1.807) is 18.4 Å². The molecule has 0 amide bonds. The monoisotopic (exact) mass is 126 g/mol. The number of rotatable bonds is 1. The van der Waals surface area contributed by atoms with E-state index in [1.807, 2.05) is 13.0 Å². The van der Waals surface area contributed by atoms with Gasteiger partial charge in [0.1, 0.15) is 5.84 Å². The van der Waals surface area contributed by atoms with Crippen molar-refractivity contribution < 1.29 is 4.84 Å². The lowest BCUT2D eigenvalue weighted by atomic mass is 10.5. The van der Waals surface area contributed by atoms with Crippen LogP contribution in [0.1, 0.15) is 6.92 Å². The Balaban J connectivity index is 2.59. The summed E-state index contributed by atoms with van der Waals surface area (Å²) in [5.74, 6) is 0.903. The Labute approximate surface area is 54.6 Å². The molecule has 0 aromatic heterocycles. The minimum atomic E-state index is 0.797. The Kier molecular flexibility index (Phi) is 1.85. The molecule has 0 saturated carbocycles. The molecule has 3 heteroatoms. The molecule has 0 saturated heterocycles. The van der Waals surface area contributed by atoms with E-state index in [0.29, 0.717) is 0 Å². The standard InChI is InChI=1S/C6H10N2O/c1-6-7-4-3-5-8(6)9-2/h3-4H,5H2,1-2H3. The molecular formula is C6H10N2O. The first-order valence-corrected chi connectivity index (χ1v) is 2.85. The molecule has 1 aliphatic heterocycles. The molecule has 0 unspecified atom stereocenters. The van der Waals surface area contributed by atoms with Crippen LogP contribution in [0, 0.1) is 0 Å². The van der Waals surface area contributed by atoms with Crippen LogP contribution < -0.4 is 0 Å². The predicted molar refractivity (Wildman–Crippen MR) is 36.0 cm³/mol. The zero-order valence-corrected chi connectivity index (χ0v) is 5.66. The Hall–Kier alpha value is -0.830. The van der Waals surface area contributed by atoms with E-state index < -0.39 is 0 Å². The summed E-state index contributed by atoms with van der Waals surface area (Å²) in [6.07, 6.45) is 3.72. The van der Waals surface area contributed by atoms with Crippen molar-refractivity contribution in [2.24, 2.45) is 4.99 Å². The van der Waals surface area contributed by atoms with E-state index in [4.69, 9.17) is 4.84 Å². The molecule has 0 aromatic rings. The molecule has 0 bridgehead atoms. The van der Waals surface area contributed by atoms with Crippen molar-refractivity contribution in [2.75, 3.05) is 13.7 Å². The average molecular weight is 126 g/mol. The van der Waals surface area contributed by atoms with Crippen LogP contribution in [0.3, 0.4) is 0 Å². The molecule has 9 heavy (non-hydrogen) atoms. The first kappa shape index (κ1) is 6.29. The molecule has 0 aromatic carbocycles. The summed E-state index contributed by atoms with van der Waals surface area (Å²) in [4.78, 5) is 8.97. The fourth-order valence-electron chi connectivity index (χ4n) is 0.707. The summed E-state index contributed by atoms with van der Waals surface area (Å²) in [6.45, 7) is 2.71. The lowest BCUT2D eigenvalue weighted by molar-refractivity contribution is -0.0569. The van der Waals surface area contributed by atoms with Crippen molar-refractivity contribution in [1.82, 2.24) is 5.06 Å². The van der Waals surface area contributed by atoms with E-state index in [1.165, 1.54) is 0 Å². The molecule has 50 valence electrons. The summed E-state index contributed by atoms with van der Waals surface area (Å²) >= 11 is 0. The number of hydroxylamine groups is 2. The van der Waals surface area contributed by atoms with Crippen LogP contribution >= 0.6 is 0 Å². The van der Waals surface area contributed by atoms with Gasteiger partial charge < -0.3 is 0 Å². The van der Waals surface area contributed by atoms with Gasteiger partial charge in [0.25, 0.3) is 0 Å². The van der Waals surface area contributed by atoms with Gasteiger partial charge in [0, 0.05) is 6.20 Å². The minimum Gasteiger partial charge on any atom is -0.275 e. The van der Waals surface area contributed by atoms with Gasteiger partial charge in [-0.15, -0.1) is 0 Å². The number of hydrogen-bond acceptors (Lipinski definition) is 3. The molecule has 1 rings (SSSR count). The van der Waals surface area contributed by atoms with E-state index in [2.05, 4.69) is 4.99 Å². The quantitative estimate of drug-likeness (QED) is 0.519. The molecule has 0 aliphatic carbocycles. The van der Waals surface area contributed by atoms with Crippen LogP contribution in [0.2, 0.25) is 0 Å². The Morgan fingerprint density at radius 1 is 1.78 bits per heavy atom. The van der Waals surface area contributed by atoms with Gasteiger partial charge in [0.2, 0.25) is 0 Å². The first-order chi connectivity index (χ1) is 4.34. The van der Waals surface area contributed by atoms with Crippen molar-refractivity contribution >= 4 is 5.84 Å². The maximum absolute atomic E-state index is 4.95. The van der Waals surface area contributed by atoms with Crippen molar-refractivity contribution in [3.63, 3.8) is 0 Å². The fourth-order valence-corrected chi connectivity index (χ4v) is 0.707. The number of nitrogens with zero attached hydrogens (tertiary/aromatic N) is 2. The second kappa shape index (κ2) is 2.64. The smallest absolute Gasteiger partial charge is 0.126 e. The van der Waals surface area contributed by atoms with Gasteiger partial charge in [-0.2, -0.15) is 0 Å². The summed E-state index contributed by atoms with van der Waals surface area (Å²) in [6, 6.07) is 0. The zero-order chi connectivity index (χ0) is 6.69. The molecule has 0 radical (unpaired) electrons. The summed E-state index contributed by atoms with van der Waals surface area (Å²) < 4.78 is 0. The lowest BCUT2D eigenvalue weighted by Crippen LogP contribution is -2.29. The number of hydrogen-bond donors (Lipinski definition) is 0. The predicted octanol–water partition coefficient (Wildman–Crippen LogP) is 0.795. The fraction of sp³-hybridized carbons (Fsp3) is 0.500. The van der Waals surface area contributed by atoms with Crippen LogP contribution in [-0.2, 0) is 4.84 Å². The number of amidine groups is 1. The third-order valence-electron chi connectivity index (χ3n) is 1.22. The van der Waals surface area contributed by atoms with Gasteiger partial charge in [-0.25, -0.2) is 10.1 Å². The SMILES string of the molecule is CON1CC=CN=C1C. The largest absolute Gasteiger partial charge is 0.275 e. The summed E-state index contributed by atoms with van der Waals surface area (Å²) in [5, 5.41) is 1.72. The van der Waals surface area contributed by atoms with Crippen molar-refractivity contribution in [3.05, 3.63) is 12.3 Å². The number of aliphatic imine (C=N–C) groups is 1. The highest BCUT2D eigenvalue weighted by molar-refractivity contribution is 5.80. The van der Waals surface area contributed by atoms with Crippen LogP contribution in [0.5, 0.6) is 0 Å². The third-order valence-corrected chi connectivity index (χ3v) is 1.22. The van der Waals surface area contributed by atoms with E-state index >= 15 is 0 Å². The molecule has 1 heterocycles. The maximum Gasteiger partial charge on any atom is 0.126 e. The van der Waals surface area contributed by atoms with Gasteiger partial charge in [0.05, 0.1) is 13.7 Å². The van der Waals surface area contributed by atoms with E-state index in [-0.39, 0.29) is 0 Å². The Morgan fingerprint density at radius 2 is 2.56 bits per heavy atom. The van der Waals surface area contributed by atoms with Gasteiger partial charge in [-0.3, -0.25) is 4.84 Å². The van der Waals surface area contributed by atoms with Gasteiger partial charge >= 0.3 is 0 Å². The molecular weight excluding hydrogens is 116 g/mol. The molecule has 3 nitrogen and oxygen atoms in total. The van der Waals surface area contributed by atoms with Crippen LogP contribution in [-0.4, -0.2) is 24.6 Å². The highest BCUT2D eigenvalue weighted by Gasteiger charge is 2.04. The van der Waals surface area contributed by atoms with Crippen molar-refractivity contribution in [3.8, 4) is 0 Å². The summed E-state index contributed by atoms with van der Waals surface area (Å²) in [7, 11) is 1.64. The van der Waals surface area contributed by atoms with Crippen LogP contribution in [0.15, 0.2) is 17.3 Å². The van der Waals surface area contributed by atoms with Gasteiger partial charge in [-0.05, 0) is 13.0 Å².